The Morgan fingerprint density at radius 3 is 2.82 bits per heavy atom. The van der Waals surface area contributed by atoms with E-state index in [9.17, 15) is 15.0 Å². The Morgan fingerprint density at radius 2 is 2.00 bits per heavy atom. The maximum atomic E-state index is 13.5. The Kier molecular flexibility index (Phi) is 4.13. The van der Waals surface area contributed by atoms with Crippen molar-refractivity contribution in [2.45, 2.75) is 54.9 Å². The summed E-state index contributed by atoms with van der Waals surface area (Å²) in [6.45, 7) is 2.36. The van der Waals surface area contributed by atoms with Gasteiger partial charge in [0, 0.05) is 42.1 Å². The highest BCUT2D eigenvalue weighted by molar-refractivity contribution is 5.94. The highest BCUT2D eigenvalue weighted by Gasteiger charge is 2.78. The van der Waals surface area contributed by atoms with Crippen molar-refractivity contribution in [3.05, 3.63) is 65.2 Å². The number of phenolic OH excluding ortho intramolecular Hbond substituents is 1. The summed E-state index contributed by atoms with van der Waals surface area (Å²) in [4.78, 5) is 18.0. The van der Waals surface area contributed by atoms with Gasteiger partial charge in [-0.1, -0.05) is 24.3 Å². The first-order valence-electron chi connectivity index (χ1n) is 12.3. The summed E-state index contributed by atoms with van der Waals surface area (Å²) in [6, 6.07) is 15.8. The topological polar surface area (TPSA) is 73.2 Å². The zero-order valence-electron chi connectivity index (χ0n) is 18.7. The van der Waals surface area contributed by atoms with Crippen LogP contribution in [0.3, 0.4) is 0 Å². The van der Waals surface area contributed by atoms with Crippen LogP contribution in [0, 0.1) is 5.92 Å². The summed E-state index contributed by atoms with van der Waals surface area (Å²) < 4.78 is 7.12. The number of rotatable bonds is 3. The molecule has 0 unspecified atom stereocenters. The van der Waals surface area contributed by atoms with E-state index in [0.717, 1.165) is 37.8 Å². The minimum Gasteiger partial charge on any atom is -0.508 e. The molecule has 2 aliphatic carbocycles. The molecule has 0 spiro atoms. The van der Waals surface area contributed by atoms with Gasteiger partial charge in [0.2, 0.25) is 0 Å². The van der Waals surface area contributed by atoms with E-state index in [0.29, 0.717) is 18.8 Å². The van der Waals surface area contributed by atoms with Crippen molar-refractivity contribution in [3.8, 4) is 5.75 Å². The molecule has 3 aliphatic heterocycles. The van der Waals surface area contributed by atoms with Crippen LogP contribution < -0.4 is 0 Å². The molecule has 1 amide bonds. The van der Waals surface area contributed by atoms with Crippen molar-refractivity contribution >= 4 is 5.91 Å². The number of carbonyl (C=O) groups excluding carboxylic acids is 1. The van der Waals surface area contributed by atoms with Gasteiger partial charge in [-0.3, -0.25) is 9.69 Å². The number of β-amino-alcohol motifs (C(OH)–C–C–N with tert-alkyl or cyclic N) is 1. The molecule has 0 radical (unpaired) electrons. The molecule has 1 saturated carbocycles. The second-order valence-electron chi connectivity index (χ2n) is 10.5. The zero-order valence-corrected chi connectivity index (χ0v) is 18.7. The largest absolute Gasteiger partial charge is 0.508 e. The van der Waals surface area contributed by atoms with Crippen molar-refractivity contribution in [1.82, 2.24) is 9.80 Å². The van der Waals surface area contributed by atoms with Crippen LogP contribution in [0.1, 0.15) is 40.7 Å². The van der Waals surface area contributed by atoms with Crippen LogP contribution in [-0.4, -0.2) is 75.9 Å². The second-order valence-corrected chi connectivity index (χ2v) is 10.5. The van der Waals surface area contributed by atoms with E-state index in [4.69, 9.17) is 4.74 Å². The lowest BCUT2D eigenvalue weighted by atomic mass is 9.46. The third-order valence-electron chi connectivity index (χ3n) is 9.52. The van der Waals surface area contributed by atoms with Crippen molar-refractivity contribution in [1.29, 1.82) is 0 Å². The number of fused-ring (bicyclic) bond motifs is 1. The monoisotopic (exact) mass is 446 g/mol. The lowest BCUT2D eigenvalue weighted by Crippen LogP contribution is -2.74. The average molecular weight is 447 g/mol. The summed E-state index contributed by atoms with van der Waals surface area (Å²) in [5.74, 6) is 0.645. The molecular formula is C27H30N2O4. The van der Waals surface area contributed by atoms with Crippen molar-refractivity contribution in [2.24, 2.45) is 5.92 Å². The SMILES string of the molecule is O=C(c1ccccc1)N1C[C@H]2O[C@@]34CC[C@@H]1[C@@H]2[C@@]31CCN(CCO)[C@@H]4Cc2ccc(O)cc21. The summed E-state index contributed by atoms with van der Waals surface area (Å²) in [7, 11) is 0. The number of aromatic hydroxyl groups is 1. The van der Waals surface area contributed by atoms with Gasteiger partial charge in [-0.05, 0) is 67.6 Å². The Balaban J connectivity index is 1.36. The lowest BCUT2D eigenvalue weighted by molar-refractivity contribution is -0.171. The van der Waals surface area contributed by atoms with Gasteiger partial charge in [-0.15, -0.1) is 0 Å². The quantitative estimate of drug-likeness (QED) is 0.757. The number of amides is 1. The van der Waals surface area contributed by atoms with E-state index in [1.165, 1.54) is 11.1 Å². The Labute approximate surface area is 193 Å². The van der Waals surface area contributed by atoms with Crippen LogP contribution in [0.25, 0.3) is 0 Å². The summed E-state index contributed by atoms with van der Waals surface area (Å²) in [5, 5.41) is 20.2. The van der Waals surface area contributed by atoms with Crippen molar-refractivity contribution in [2.75, 3.05) is 26.2 Å². The number of likely N-dealkylation sites (tertiary alicyclic amines) is 2. The molecule has 3 saturated heterocycles. The smallest absolute Gasteiger partial charge is 0.254 e. The number of phenols is 1. The van der Waals surface area contributed by atoms with E-state index in [1.54, 1.807) is 6.07 Å². The molecule has 33 heavy (non-hydrogen) atoms. The molecule has 2 aromatic carbocycles. The number of benzene rings is 2. The van der Waals surface area contributed by atoms with Crippen molar-refractivity contribution in [3.63, 3.8) is 0 Å². The number of aliphatic hydroxyl groups excluding tert-OH is 1. The van der Waals surface area contributed by atoms with E-state index < -0.39 is 0 Å². The predicted octanol–water partition coefficient (Wildman–Crippen LogP) is 2.32. The number of nitrogens with zero attached hydrogens (tertiary/aromatic N) is 2. The Bertz CT molecular complexity index is 1120. The molecule has 0 aromatic heterocycles. The standard InChI is InChI=1S/C27H30N2O4/c30-13-12-28-11-10-26-20-15-19(31)7-6-18(20)14-23(28)27(26)9-8-21-24(26)22(33-27)16-29(21)25(32)17-4-2-1-3-5-17/h1-7,15,21-24,30-31H,8-14,16H2/t21-,22-,23-,24+,26+,27-/m1/s1. The van der Waals surface area contributed by atoms with Crippen LogP contribution in [0.15, 0.2) is 48.5 Å². The number of hydrogen-bond acceptors (Lipinski definition) is 5. The average Bonchev–Trinajstić information content (AvgIpc) is 3.28. The predicted molar refractivity (Wildman–Crippen MR) is 122 cm³/mol. The summed E-state index contributed by atoms with van der Waals surface area (Å²) in [5.41, 5.74) is 2.76. The molecule has 4 fully saturated rings. The van der Waals surface area contributed by atoms with E-state index in [-0.39, 0.29) is 47.6 Å². The van der Waals surface area contributed by atoms with Gasteiger partial charge < -0.3 is 19.8 Å². The normalized spacial score (nSPS) is 38.2. The maximum Gasteiger partial charge on any atom is 0.254 e. The van der Waals surface area contributed by atoms with Gasteiger partial charge in [0.05, 0.1) is 18.3 Å². The third kappa shape index (κ3) is 2.37. The van der Waals surface area contributed by atoms with E-state index in [2.05, 4.69) is 15.9 Å². The van der Waals surface area contributed by atoms with Crippen LogP contribution in [0.5, 0.6) is 5.75 Å². The van der Waals surface area contributed by atoms with Crippen LogP contribution in [0.2, 0.25) is 0 Å². The fraction of sp³-hybridized carbons (Fsp3) is 0.519. The van der Waals surface area contributed by atoms with Gasteiger partial charge >= 0.3 is 0 Å². The first kappa shape index (κ1) is 20.0. The highest BCUT2D eigenvalue weighted by atomic mass is 16.5. The molecule has 6 nitrogen and oxygen atoms in total. The Morgan fingerprint density at radius 1 is 1.15 bits per heavy atom. The van der Waals surface area contributed by atoms with E-state index >= 15 is 0 Å². The molecule has 6 heteroatoms. The molecule has 6 atom stereocenters. The first-order valence-corrected chi connectivity index (χ1v) is 12.3. The highest BCUT2D eigenvalue weighted by Crippen LogP contribution is 2.69. The van der Waals surface area contributed by atoms with E-state index in [1.807, 2.05) is 36.4 Å². The van der Waals surface area contributed by atoms with Crippen molar-refractivity contribution < 1.29 is 19.7 Å². The van der Waals surface area contributed by atoms with Gasteiger partial charge in [-0.25, -0.2) is 0 Å². The molecule has 172 valence electrons. The minimum atomic E-state index is -0.311. The second kappa shape index (κ2) is 6.81. The lowest BCUT2D eigenvalue weighted by Gasteiger charge is -2.64. The molecule has 5 aliphatic rings. The zero-order chi connectivity index (χ0) is 22.4. The van der Waals surface area contributed by atoms with Crippen LogP contribution in [0.4, 0.5) is 0 Å². The number of ether oxygens (including phenoxy) is 1. The molecule has 4 bridgehead atoms. The van der Waals surface area contributed by atoms with Crippen LogP contribution >= 0.6 is 0 Å². The summed E-state index contributed by atoms with van der Waals surface area (Å²) >= 11 is 0. The number of piperidine rings is 1. The Hall–Kier alpha value is -2.41. The first-order chi connectivity index (χ1) is 16.1. The molecule has 3 heterocycles. The van der Waals surface area contributed by atoms with Gasteiger partial charge in [0.1, 0.15) is 5.75 Å². The fourth-order valence-corrected chi connectivity index (χ4v) is 8.55. The minimum absolute atomic E-state index is 0.00929. The fourth-order valence-electron chi connectivity index (χ4n) is 8.55. The van der Waals surface area contributed by atoms with Gasteiger partial charge in [0.15, 0.2) is 0 Å². The number of carbonyl (C=O) groups is 1. The molecule has 2 N–H and O–H groups in total. The third-order valence-corrected chi connectivity index (χ3v) is 9.52. The molecule has 2 aromatic rings. The maximum absolute atomic E-state index is 13.5. The van der Waals surface area contributed by atoms with Gasteiger partial charge in [-0.2, -0.15) is 0 Å². The number of aliphatic hydroxyl groups is 1. The van der Waals surface area contributed by atoms with Gasteiger partial charge in [0.25, 0.3) is 5.91 Å². The summed E-state index contributed by atoms with van der Waals surface area (Å²) in [6.07, 6.45) is 3.68. The molecular weight excluding hydrogens is 416 g/mol. The molecule has 7 rings (SSSR count). The van der Waals surface area contributed by atoms with Crippen LogP contribution in [-0.2, 0) is 16.6 Å². The number of hydrogen-bond donors (Lipinski definition) is 2.